The van der Waals surface area contributed by atoms with E-state index in [9.17, 15) is 32.3 Å². The molecule has 0 bridgehead atoms. The molecule has 0 unspecified atom stereocenters. The zero-order valence-electron chi connectivity index (χ0n) is 31.1. The molecule has 0 saturated heterocycles. The number of anilines is 4. The van der Waals surface area contributed by atoms with E-state index in [2.05, 4.69) is 46.5 Å². The average molecular weight is 820 g/mol. The number of methoxy groups -OCH3 is 1. The number of amides is 3. The molecule has 2 heterocycles. The summed E-state index contributed by atoms with van der Waals surface area (Å²) in [4.78, 5) is 67.7. The van der Waals surface area contributed by atoms with Gasteiger partial charge < -0.3 is 36.1 Å². The Labute approximate surface area is 334 Å². The van der Waals surface area contributed by atoms with Crippen molar-refractivity contribution in [2.24, 2.45) is 4.99 Å². The summed E-state index contributed by atoms with van der Waals surface area (Å²) >= 11 is 6.04. The van der Waals surface area contributed by atoms with Crippen LogP contribution >= 0.6 is 11.6 Å². The number of hydrogen-bond donors (Lipinski definition) is 5. The highest BCUT2D eigenvalue weighted by Crippen LogP contribution is 2.48. The summed E-state index contributed by atoms with van der Waals surface area (Å²) in [7, 11) is 1.14. The zero-order valence-corrected chi connectivity index (χ0v) is 31.8. The van der Waals surface area contributed by atoms with E-state index >= 15 is 0 Å². The van der Waals surface area contributed by atoms with Crippen molar-refractivity contribution in [1.82, 2.24) is 25.6 Å². The topological polar surface area (TPSA) is 198 Å². The van der Waals surface area contributed by atoms with Crippen LogP contribution in [0.4, 0.5) is 36.4 Å². The van der Waals surface area contributed by atoms with Gasteiger partial charge in [-0.3, -0.25) is 19.4 Å². The lowest BCUT2D eigenvalue weighted by Gasteiger charge is -2.19. The van der Waals surface area contributed by atoms with E-state index in [0.717, 1.165) is 29.6 Å². The van der Waals surface area contributed by atoms with Crippen molar-refractivity contribution in [3.8, 4) is 6.01 Å². The number of esters is 1. The van der Waals surface area contributed by atoms with Crippen LogP contribution in [0, 0.1) is 0 Å². The minimum Gasteiger partial charge on any atom is -0.467 e. The summed E-state index contributed by atoms with van der Waals surface area (Å²) in [5.74, 6) is -3.49. The van der Waals surface area contributed by atoms with E-state index in [0.29, 0.717) is 35.7 Å². The fourth-order valence-corrected chi connectivity index (χ4v) is 5.97. The van der Waals surface area contributed by atoms with E-state index in [1.54, 1.807) is 30.3 Å². The highest BCUT2D eigenvalue weighted by molar-refractivity contribution is 6.39. The summed E-state index contributed by atoms with van der Waals surface area (Å²) < 4.78 is 48.6. The Morgan fingerprint density at radius 3 is 2.29 bits per heavy atom. The lowest BCUT2D eigenvalue weighted by Crippen LogP contribution is -2.44. The first kappa shape index (κ1) is 41.1. The van der Waals surface area contributed by atoms with Gasteiger partial charge in [0.25, 0.3) is 5.91 Å². The summed E-state index contributed by atoms with van der Waals surface area (Å²) in [5, 5.41) is 14.2. The molecular weight excluding hydrogens is 783 g/mol. The number of carbonyl (C=O) groups excluding carboxylic acids is 4. The lowest BCUT2D eigenvalue weighted by molar-refractivity contribution is -0.154. The zero-order chi connectivity index (χ0) is 41.5. The number of halogens is 4. The minimum atomic E-state index is -4.64. The van der Waals surface area contributed by atoms with Crippen LogP contribution in [0.15, 0.2) is 89.6 Å². The first-order chi connectivity index (χ1) is 27.7. The molecule has 302 valence electrons. The van der Waals surface area contributed by atoms with Crippen molar-refractivity contribution in [2.75, 3.05) is 36.2 Å². The number of aromatic nitrogens is 3. The second-order valence-electron chi connectivity index (χ2n) is 13.3. The minimum absolute atomic E-state index is 0.0306. The van der Waals surface area contributed by atoms with E-state index in [1.807, 2.05) is 31.2 Å². The maximum Gasteiger partial charge on any atom is 0.422 e. The molecule has 58 heavy (non-hydrogen) atoms. The van der Waals surface area contributed by atoms with Crippen LogP contribution in [-0.4, -0.2) is 76.8 Å². The number of alkyl halides is 3. The highest BCUT2D eigenvalue weighted by atomic mass is 35.5. The second kappa shape index (κ2) is 17.7. The summed E-state index contributed by atoms with van der Waals surface area (Å²) in [5.41, 5.74) is 3.76. The molecule has 1 aromatic heterocycles. The van der Waals surface area contributed by atoms with Gasteiger partial charge in [-0.15, -0.1) is 0 Å². The molecule has 3 aromatic carbocycles. The van der Waals surface area contributed by atoms with Crippen LogP contribution in [0.5, 0.6) is 6.01 Å². The Morgan fingerprint density at radius 2 is 1.64 bits per heavy atom. The molecule has 5 N–H and O–H groups in total. The Bertz CT molecular complexity index is 2250. The van der Waals surface area contributed by atoms with Gasteiger partial charge in [-0.1, -0.05) is 41.9 Å². The lowest BCUT2D eigenvalue weighted by atomic mass is 10.1. The second-order valence-corrected chi connectivity index (χ2v) is 13.8. The monoisotopic (exact) mass is 819 g/mol. The molecule has 1 aliphatic carbocycles. The molecular formula is C39H37ClF3N9O6. The van der Waals surface area contributed by atoms with Gasteiger partial charge in [0.1, 0.15) is 6.04 Å². The Balaban J connectivity index is 1.05. The number of nitrogens with one attached hydrogen (secondary N) is 5. The fraction of sp³-hybridized carbons (Fsp3) is 0.282. The maximum atomic E-state index is 13.2. The number of ether oxygens (including phenoxy) is 2. The van der Waals surface area contributed by atoms with Gasteiger partial charge in [-0.2, -0.15) is 28.1 Å². The van der Waals surface area contributed by atoms with Gasteiger partial charge in [0, 0.05) is 40.6 Å². The van der Waals surface area contributed by atoms with Crippen LogP contribution in [0.25, 0.3) is 0 Å². The van der Waals surface area contributed by atoms with Crippen LogP contribution in [0.3, 0.4) is 0 Å². The van der Waals surface area contributed by atoms with Crippen LogP contribution < -0.4 is 31.3 Å². The normalized spacial score (nSPS) is 14.6. The van der Waals surface area contributed by atoms with E-state index in [4.69, 9.17) is 21.1 Å². The molecule has 1 atom stereocenters. The Kier molecular flexibility index (Phi) is 12.5. The number of aliphatic imine (C=N–C) groups is 1. The van der Waals surface area contributed by atoms with Gasteiger partial charge in [0.2, 0.25) is 11.9 Å². The summed E-state index contributed by atoms with van der Waals surface area (Å²) in [6.45, 7) is 0.108. The highest BCUT2D eigenvalue weighted by Gasteiger charge is 2.45. The SMILES string of the molecule is COC(=O)[C@H](CCNC(=O)C(=O)Nc1cccc(C2=NC(C)=CC2)c1)NC(=O)c1ccc(Nc2nc(NC3(c4ccc(Cl)cc4)CC3)nc(OCC(F)(F)F)n2)cc1. The van der Waals surface area contributed by atoms with Crippen LogP contribution in [0.1, 0.15) is 54.1 Å². The molecule has 15 nitrogen and oxygen atoms in total. The van der Waals surface area contributed by atoms with Crippen molar-refractivity contribution >= 4 is 64.3 Å². The summed E-state index contributed by atoms with van der Waals surface area (Å²) in [6, 6.07) is 18.1. The summed E-state index contributed by atoms with van der Waals surface area (Å²) in [6.07, 6.45) is -0.686. The fourth-order valence-electron chi connectivity index (χ4n) is 5.85. The first-order valence-electron chi connectivity index (χ1n) is 17.9. The Hall–Kier alpha value is -6.56. The molecule has 1 aliphatic heterocycles. The molecule has 0 spiro atoms. The molecule has 2 aliphatic rings. The van der Waals surface area contributed by atoms with Gasteiger partial charge in [-0.05, 0) is 85.8 Å². The number of hydrogen-bond acceptors (Lipinski definition) is 12. The van der Waals surface area contributed by atoms with E-state index in [1.165, 1.54) is 24.3 Å². The molecule has 1 saturated carbocycles. The number of nitrogens with zero attached hydrogens (tertiary/aromatic N) is 4. The first-order valence-corrected chi connectivity index (χ1v) is 18.3. The van der Waals surface area contributed by atoms with Crippen molar-refractivity contribution in [2.45, 2.75) is 50.4 Å². The van der Waals surface area contributed by atoms with Gasteiger partial charge in [0.05, 0.1) is 18.4 Å². The average Bonchev–Trinajstić information content (AvgIpc) is 3.84. The Morgan fingerprint density at radius 1 is 0.914 bits per heavy atom. The van der Waals surface area contributed by atoms with Crippen LogP contribution in [0.2, 0.25) is 5.02 Å². The molecule has 3 amide bonds. The number of rotatable bonds is 15. The molecule has 1 fully saturated rings. The van der Waals surface area contributed by atoms with Crippen molar-refractivity contribution < 1.29 is 41.8 Å². The molecule has 0 radical (unpaired) electrons. The quantitative estimate of drug-likeness (QED) is 0.0716. The van der Waals surface area contributed by atoms with E-state index in [-0.39, 0.29) is 30.4 Å². The largest absolute Gasteiger partial charge is 0.467 e. The van der Waals surface area contributed by atoms with E-state index < -0.39 is 54.1 Å². The van der Waals surface area contributed by atoms with Gasteiger partial charge in [-0.25, -0.2) is 4.79 Å². The van der Waals surface area contributed by atoms with Crippen molar-refractivity contribution in [3.05, 3.63) is 106 Å². The molecule has 4 aromatic rings. The third-order valence-corrected chi connectivity index (χ3v) is 9.20. The predicted molar refractivity (Wildman–Crippen MR) is 208 cm³/mol. The van der Waals surface area contributed by atoms with Gasteiger partial charge >= 0.3 is 30.0 Å². The predicted octanol–water partition coefficient (Wildman–Crippen LogP) is 5.82. The van der Waals surface area contributed by atoms with Crippen LogP contribution in [-0.2, 0) is 24.7 Å². The van der Waals surface area contributed by atoms with Crippen molar-refractivity contribution in [1.29, 1.82) is 0 Å². The standard InChI is InChI=1S/C39H37ClF3N9O6/c1-22-6-15-29(45-22)24-4-3-5-28(20-24)46-33(55)32(54)44-19-16-30(34(56)57-2)48-31(53)23-7-13-27(14-8-23)47-35-49-36(51-37(50-35)58-21-39(41,42)43)52-38(17-18-38)25-9-11-26(40)12-10-25/h3-14,20,30H,15-19,21H2,1-2H3,(H,44,54)(H,46,55)(H,48,53)(H2,47,49,50,51,52)/t30-/m0/s1. The number of carbonyl (C=O) groups is 4. The maximum absolute atomic E-state index is 13.2. The molecule has 6 rings (SSSR count). The number of allylic oxidation sites excluding steroid dienone is 2. The smallest absolute Gasteiger partial charge is 0.422 e. The van der Waals surface area contributed by atoms with Gasteiger partial charge in [0.15, 0.2) is 6.61 Å². The third-order valence-electron chi connectivity index (χ3n) is 8.95. The van der Waals surface area contributed by atoms with Crippen molar-refractivity contribution in [3.63, 3.8) is 0 Å². The number of benzene rings is 3. The third kappa shape index (κ3) is 11.1. The molecule has 19 heteroatoms.